The van der Waals surface area contributed by atoms with Crippen molar-refractivity contribution in [1.82, 2.24) is 4.57 Å². The average Bonchev–Trinajstić information content (AvgIpc) is 3.41. The van der Waals surface area contributed by atoms with Crippen LogP contribution in [0.1, 0.15) is 16.4 Å². The number of amides is 3. The van der Waals surface area contributed by atoms with Gasteiger partial charge in [0.05, 0.1) is 31.6 Å². The number of nitrogens with two attached hydrogens (primary N) is 1. The molecule has 1 fully saturated rings. The first kappa shape index (κ1) is 30.8. The molecule has 2 aliphatic rings. The summed E-state index contributed by atoms with van der Waals surface area (Å²) in [6, 6.07) is 16.5. The van der Waals surface area contributed by atoms with Crippen molar-refractivity contribution < 1.29 is 22.8 Å². The molecule has 1 saturated heterocycles. The summed E-state index contributed by atoms with van der Waals surface area (Å²) < 4.78 is 24.3. The second-order valence-electron chi connectivity index (χ2n) is 9.91. The topological polar surface area (TPSA) is 149 Å². The molecule has 3 amide bonds. The molecule has 3 aromatic carbocycles. The number of thioether (sulfide) groups is 1. The standard InChI is InChI=1S/C28H19Cl3N4O6S3/c29-13-4-8-15(9-5-13)35-25(37)21-20(17-2-1-3-18(30)22(17)31)24-27(42-23(21)26(35)38)34(28(39)43-24)12-19(36)33-14-6-10-16(11-7-14)44(32,40)41/h1-11,20-21,23H,12H2,(H,33,36)(H2,32,40,41)/t20-,21-,23+/m0/s1. The fraction of sp³-hybridized carbons (Fsp3) is 0.143. The van der Waals surface area contributed by atoms with E-state index in [9.17, 15) is 27.6 Å². The molecule has 0 spiro atoms. The van der Waals surface area contributed by atoms with Crippen molar-refractivity contribution in [1.29, 1.82) is 0 Å². The van der Waals surface area contributed by atoms with Crippen molar-refractivity contribution in [2.45, 2.75) is 27.6 Å². The summed E-state index contributed by atoms with van der Waals surface area (Å²) in [6.45, 7) is -0.412. The molecule has 226 valence electrons. The number of anilines is 2. The Balaban J connectivity index is 1.39. The summed E-state index contributed by atoms with van der Waals surface area (Å²) in [5.74, 6) is -3.23. The summed E-state index contributed by atoms with van der Waals surface area (Å²) in [5, 5.41) is 8.06. The van der Waals surface area contributed by atoms with Crippen molar-refractivity contribution >= 4 is 97.0 Å². The Hall–Kier alpha value is -3.17. The third-order valence-corrected chi connectivity index (χ3v) is 11.8. The largest absolute Gasteiger partial charge is 0.325 e. The van der Waals surface area contributed by atoms with E-state index in [2.05, 4.69) is 5.32 Å². The van der Waals surface area contributed by atoms with Crippen molar-refractivity contribution in [3.05, 3.63) is 102 Å². The number of imide groups is 1. The molecule has 1 aromatic heterocycles. The van der Waals surface area contributed by atoms with E-state index in [1.807, 2.05) is 0 Å². The van der Waals surface area contributed by atoms with Gasteiger partial charge in [-0.3, -0.25) is 23.7 Å². The third-order valence-electron chi connectivity index (χ3n) is 7.22. The second kappa shape index (κ2) is 11.6. The predicted molar refractivity (Wildman–Crippen MR) is 170 cm³/mol. The molecule has 2 aliphatic heterocycles. The fourth-order valence-electron chi connectivity index (χ4n) is 5.27. The van der Waals surface area contributed by atoms with Crippen LogP contribution < -0.4 is 20.2 Å². The average molecular weight is 710 g/mol. The quantitative estimate of drug-likeness (QED) is 0.269. The maximum Gasteiger partial charge on any atom is 0.308 e. The molecule has 0 radical (unpaired) electrons. The Morgan fingerprint density at radius 1 is 0.932 bits per heavy atom. The molecule has 3 N–H and O–H groups in total. The molecule has 3 atom stereocenters. The molecule has 4 aromatic rings. The van der Waals surface area contributed by atoms with Gasteiger partial charge in [-0.15, -0.1) is 0 Å². The number of rotatable bonds is 6. The maximum absolute atomic E-state index is 14.0. The molecule has 6 rings (SSSR count). The minimum atomic E-state index is -3.92. The summed E-state index contributed by atoms with van der Waals surface area (Å²) in [7, 11) is -3.92. The van der Waals surface area contributed by atoms with Crippen LogP contribution in [0, 0.1) is 5.92 Å². The van der Waals surface area contributed by atoms with Gasteiger partial charge in [0.25, 0.3) is 0 Å². The van der Waals surface area contributed by atoms with Gasteiger partial charge in [0, 0.05) is 21.5 Å². The van der Waals surface area contributed by atoms with Gasteiger partial charge in [-0.05, 0) is 60.2 Å². The van der Waals surface area contributed by atoms with E-state index >= 15 is 0 Å². The zero-order valence-corrected chi connectivity index (χ0v) is 26.8. The number of fused-ring (bicyclic) bond motifs is 2. The van der Waals surface area contributed by atoms with Gasteiger partial charge >= 0.3 is 4.87 Å². The lowest BCUT2D eigenvalue weighted by Gasteiger charge is -2.31. The Morgan fingerprint density at radius 3 is 2.27 bits per heavy atom. The van der Waals surface area contributed by atoms with E-state index in [1.54, 1.807) is 42.5 Å². The second-order valence-corrected chi connectivity index (χ2v) is 14.8. The number of hydrogen-bond acceptors (Lipinski definition) is 8. The molecule has 0 bridgehead atoms. The van der Waals surface area contributed by atoms with Crippen LogP contribution in [0.25, 0.3) is 0 Å². The smallest absolute Gasteiger partial charge is 0.308 e. The van der Waals surface area contributed by atoms with Crippen LogP contribution in [-0.2, 0) is 31.0 Å². The Kier molecular flexibility index (Phi) is 8.16. The summed E-state index contributed by atoms with van der Waals surface area (Å²) >= 11 is 20.9. The Labute approximate surface area is 273 Å². The van der Waals surface area contributed by atoms with Crippen LogP contribution in [0.2, 0.25) is 15.1 Å². The van der Waals surface area contributed by atoms with Crippen molar-refractivity contribution in [2.24, 2.45) is 11.1 Å². The van der Waals surface area contributed by atoms with Crippen LogP contribution in [0.5, 0.6) is 0 Å². The van der Waals surface area contributed by atoms with Gasteiger partial charge in [0.15, 0.2) is 0 Å². The number of benzene rings is 3. The summed E-state index contributed by atoms with van der Waals surface area (Å²) in [4.78, 5) is 55.2. The van der Waals surface area contributed by atoms with Gasteiger partial charge in [0.2, 0.25) is 27.7 Å². The van der Waals surface area contributed by atoms with Gasteiger partial charge in [0.1, 0.15) is 11.8 Å². The first-order chi connectivity index (χ1) is 20.8. The molecular weight excluding hydrogens is 691 g/mol. The zero-order valence-electron chi connectivity index (χ0n) is 22.1. The first-order valence-corrected chi connectivity index (χ1v) is 17.1. The molecule has 0 saturated carbocycles. The summed E-state index contributed by atoms with van der Waals surface area (Å²) in [6.07, 6.45) is 0. The Bertz CT molecular complexity index is 2010. The molecule has 16 heteroatoms. The lowest BCUT2D eigenvalue weighted by molar-refractivity contribution is -0.122. The van der Waals surface area contributed by atoms with Gasteiger partial charge < -0.3 is 5.32 Å². The van der Waals surface area contributed by atoms with E-state index in [0.29, 0.717) is 26.2 Å². The van der Waals surface area contributed by atoms with Gasteiger partial charge in [-0.25, -0.2) is 18.5 Å². The first-order valence-electron chi connectivity index (χ1n) is 12.8. The van der Waals surface area contributed by atoms with E-state index in [4.69, 9.17) is 39.9 Å². The van der Waals surface area contributed by atoms with E-state index < -0.39 is 56.2 Å². The highest BCUT2D eigenvalue weighted by molar-refractivity contribution is 8.00. The highest BCUT2D eigenvalue weighted by Gasteiger charge is 2.57. The van der Waals surface area contributed by atoms with E-state index in [-0.39, 0.29) is 20.6 Å². The number of carbonyl (C=O) groups excluding carboxylic acids is 3. The number of nitrogens with one attached hydrogen (secondary N) is 1. The van der Waals surface area contributed by atoms with Gasteiger partial charge in [-0.2, -0.15) is 0 Å². The lowest BCUT2D eigenvalue weighted by atomic mass is 9.83. The van der Waals surface area contributed by atoms with Crippen molar-refractivity contribution in [3.8, 4) is 0 Å². The SMILES string of the molecule is NS(=O)(=O)c1ccc(NC(=O)Cn2c3c(sc2=O)[C@@H](c2cccc(Cl)c2Cl)[C@@H]2C(=O)N(c4ccc(Cl)cc4)C(=O)[C@@H]2S3)cc1. The van der Waals surface area contributed by atoms with Crippen molar-refractivity contribution in [3.63, 3.8) is 0 Å². The molecule has 10 nitrogen and oxygen atoms in total. The zero-order chi connectivity index (χ0) is 31.5. The molecule has 44 heavy (non-hydrogen) atoms. The monoisotopic (exact) mass is 708 g/mol. The number of thiazole rings is 1. The van der Waals surface area contributed by atoms with Crippen LogP contribution in [0.3, 0.4) is 0 Å². The third kappa shape index (κ3) is 5.47. The number of nitrogens with zero attached hydrogens (tertiary/aromatic N) is 2. The van der Waals surface area contributed by atoms with Crippen LogP contribution >= 0.6 is 57.9 Å². The molecular formula is C28H19Cl3N4O6S3. The van der Waals surface area contributed by atoms with Crippen LogP contribution in [0.15, 0.2) is 81.4 Å². The number of carbonyl (C=O) groups is 3. The summed E-state index contributed by atoms with van der Waals surface area (Å²) in [5.41, 5.74) is 1.11. The number of aromatic nitrogens is 1. The Morgan fingerprint density at radius 2 is 1.61 bits per heavy atom. The number of primary sulfonamides is 1. The predicted octanol–water partition coefficient (Wildman–Crippen LogP) is 4.95. The minimum absolute atomic E-state index is 0.126. The highest BCUT2D eigenvalue weighted by atomic mass is 35.5. The maximum atomic E-state index is 14.0. The van der Waals surface area contributed by atoms with Crippen LogP contribution in [0.4, 0.5) is 11.4 Å². The van der Waals surface area contributed by atoms with E-state index in [0.717, 1.165) is 28.0 Å². The number of hydrogen-bond donors (Lipinski definition) is 2. The lowest BCUT2D eigenvalue weighted by Crippen LogP contribution is -2.33. The van der Waals surface area contributed by atoms with Crippen LogP contribution in [-0.4, -0.2) is 36.0 Å². The van der Waals surface area contributed by atoms with E-state index in [1.165, 1.54) is 28.8 Å². The fourth-order valence-corrected chi connectivity index (χ4v) is 9.10. The highest BCUT2D eigenvalue weighted by Crippen LogP contribution is 2.55. The molecule has 0 unspecified atom stereocenters. The molecule has 0 aliphatic carbocycles. The number of sulfonamides is 1. The molecule has 3 heterocycles. The number of halogens is 3. The normalized spacial score (nSPS) is 19.5. The van der Waals surface area contributed by atoms with Crippen molar-refractivity contribution in [2.75, 3.05) is 10.2 Å². The van der Waals surface area contributed by atoms with Gasteiger partial charge in [-0.1, -0.05) is 70.0 Å². The minimum Gasteiger partial charge on any atom is -0.325 e.